The highest BCUT2D eigenvalue weighted by molar-refractivity contribution is 4.81. The summed E-state index contributed by atoms with van der Waals surface area (Å²) in [4.78, 5) is 2.63. The molecule has 0 spiro atoms. The van der Waals surface area contributed by atoms with Crippen molar-refractivity contribution >= 4 is 0 Å². The van der Waals surface area contributed by atoms with Crippen molar-refractivity contribution in [1.82, 2.24) is 10.2 Å². The summed E-state index contributed by atoms with van der Waals surface area (Å²) in [7, 11) is 2.05. The van der Waals surface area contributed by atoms with E-state index >= 15 is 0 Å². The molecule has 1 fully saturated rings. The van der Waals surface area contributed by atoms with Crippen LogP contribution in [0.2, 0.25) is 0 Å². The lowest BCUT2D eigenvalue weighted by Gasteiger charge is -2.39. The molecule has 0 amide bonds. The number of likely N-dealkylation sites (tertiary alicyclic amines) is 1. The quantitative estimate of drug-likeness (QED) is 0.753. The molecular weight excluding hydrogens is 184 g/mol. The van der Waals surface area contributed by atoms with Gasteiger partial charge in [0.2, 0.25) is 0 Å². The Bertz CT molecular complexity index is 169. The SMILES string of the molecule is CCC1(C)CCN(CCC(C)NC)CC1. The molecule has 0 radical (unpaired) electrons. The second-order valence-corrected chi connectivity index (χ2v) is 5.48. The third kappa shape index (κ3) is 4.12. The zero-order valence-corrected chi connectivity index (χ0v) is 11.0. The van der Waals surface area contributed by atoms with Gasteiger partial charge in [0, 0.05) is 6.04 Å². The summed E-state index contributed by atoms with van der Waals surface area (Å²) in [6.45, 7) is 10.9. The molecule has 1 heterocycles. The Morgan fingerprint density at radius 1 is 1.33 bits per heavy atom. The molecule has 1 atom stereocenters. The van der Waals surface area contributed by atoms with Crippen LogP contribution in [0.3, 0.4) is 0 Å². The lowest BCUT2D eigenvalue weighted by molar-refractivity contribution is 0.112. The average Bonchev–Trinajstić information content (AvgIpc) is 2.28. The van der Waals surface area contributed by atoms with Crippen LogP contribution in [-0.2, 0) is 0 Å². The normalized spacial score (nSPS) is 24.0. The maximum Gasteiger partial charge on any atom is 0.00479 e. The largest absolute Gasteiger partial charge is 0.317 e. The molecule has 2 nitrogen and oxygen atoms in total. The smallest absolute Gasteiger partial charge is 0.00479 e. The summed E-state index contributed by atoms with van der Waals surface area (Å²) < 4.78 is 0. The van der Waals surface area contributed by atoms with Crippen LogP contribution >= 0.6 is 0 Å². The Labute approximate surface area is 95.4 Å². The minimum atomic E-state index is 0.630. The third-order valence-corrected chi connectivity index (χ3v) is 4.29. The second kappa shape index (κ2) is 5.86. The zero-order valence-electron chi connectivity index (χ0n) is 11.0. The molecule has 1 N–H and O–H groups in total. The van der Waals surface area contributed by atoms with Gasteiger partial charge in [0.05, 0.1) is 0 Å². The second-order valence-electron chi connectivity index (χ2n) is 5.48. The predicted molar refractivity (Wildman–Crippen MR) is 67.2 cm³/mol. The predicted octanol–water partition coefficient (Wildman–Crippen LogP) is 2.50. The van der Waals surface area contributed by atoms with Crippen LogP contribution in [0.15, 0.2) is 0 Å². The molecule has 1 unspecified atom stereocenters. The van der Waals surface area contributed by atoms with Gasteiger partial charge in [0.25, 0.3) is 0 Å². The van der Waals surface area contributed by atoms with Crippen molar-refractivity contribution in [2.75, 3.05) is 26.7 Å². The topological polar surface area (TPSA) is 15.3 Å². The molecule has 15 heavy (non-hydrogen) atoms. The highest BCUT2D eigenvalue weighted by Gasteiger charge is 2.27. The van der Waals surface area contributed by atoms with Crippen molar-refractivity contribution in [1.29, 1.82) is 0 Å². The van der Waals surface area contributed by atoms with Crippen LogP contribution in [0.1, 0.15) is 46.5 Å². The summed E-state index contributed by atoms with van der Waals surface area (Å²) in [5.74, 6) is 0. The standard InChI is InChI=1S/C13H28N2/c1-5-13(3)7-10-15(11-8-13)9-6-12(2)14-4/h12,14H,5-11H2,1-4H3. The Kier molecular flexibility index (Phi) is 5.07. The highest BCUT2D eigenvalue weighted by Crippen LogP contribution is 2.33. The van der Waals surface area contributed by atoms with E-state index in [1.165, 1.54) is 45.3 Å². The van der Waals surface area contributed by atoms with E-state index in [4.69, 9.17) is 0 Å². The van der Waals surface area contributed by atoms with Crippen molar-refractivity contribution < 1.29 is 0 Å². The van der Waals surface area contributed by atoms with E-state index in [1.807, 2.05) is 0 Å². The molecule has 0 saturated carbocycles. The first kappa shape index (κ1) is 13.0. The summed E-state index contributed by atoms with van der Waals surface area (Å²) in [6.07, 6.45) is 5.39. The molecule has 90 valence electrons. The van der Waals surface area contributed by atoms with Crippen LogP contribution in [0.25, 0.3) is 0 Å². The number of hydrogen-bond acceptors (Lipinski definition) is 2. The van der Waals surface area contributed by atoms with E-state index in [-0.39, 0.29) is 0 Å². The molecule has 1 rings (SSSR count). The molecule has 0 aliphatic carbocycles. The number of nitrogens with one attached hydrogen (secondary N) is 1. The van der Waals surface area contributed by atoms with Gasteiger partial charge >= 0.3 is 0 Å². The Balaban J connectivity index is 2.20. The summed E-state index contributed by atoms with van der Waals surface area (Å²) in [6, 6.07) is 0.657. The lowest BCUT2D eigenvalue weighted by Crippen LogP contribution is -2.40. The monoisotopic (exact) mass is 212 g/mol. The number of piperidine rings is 1. The van der Waals surface area contributed by atoms with Gasteiger partial charge < -0.3 is 10.2 Å². The maximum absolute atomic E-state index is 3.31. The minimum absolute atomic E-state index is 0.630. The van der Waals surface area contributed by atoms with Gasteiger partial charge in [-0.25, -0.2) is 0 Å². The van der Waals surface area contributed by atoms with Gasteiger partial charge in [-0.05, 0) is 58.3 Å². The van der Waals surface area contributed by atoms with E-state index in [2.05, 4.69) is 38.0 Å². The first-order chi connectivity index (χ1) is 7.09. The molecule has 1 aliphatic rings. The van der Waals surface area contributed by atoms with E-state index in [0.717, 1.165) is 0 Å². The van der Waals surface area contributed by atoms with Gasteiger partial charge in [-0.3, -0.25) is 0 Å². The Morgan fingerprint density at radius 2 is 1.93 bits per heavy atom. The van der Waals surface area contributed by atoms with Crippen LogP contribution in [0.5, 0.6) is 0 Å². The van der Waals surface area contributed by atoms with Gasteiger partial charge in [-0.2, -0.15) is 0 Å². The number of hydrogen-bond donors (Lipinski definition) is 1. The van der Waals surface area contributed by atoms with E-state index in [9.17, 15) is 0 Å². The minimum Gasteiger partial charge on any atom is -0.317 e. The van der Waals surface area contributed by atoms with Gasteiger partial charge in [-0.15, -0.1) is 0 Å². The molecular formula is C13H28N2. The third-order valence-electron chi connectivity index (χ3n) is 4.29. The fraction of sp³-hybridized carbons (Fsp3) is 1.00. The van der Waals surface area contributed by atoms with Crippen LogP contribution in [0.4, 0.5) is 0 Å². The van der Waals surface area contributed by atoms with Gasteiger partial charge in [-0.1, -0.05) is 20.3 Å². The van der Waals surface area contributed by atoms with Crippen molar-refractivity contribution in [3.63, 3.8) is 0 Å². The van der Waals surface area contributed by atoms with Crippen molar-refractivity contribution in [2.24, 2.45) is 5.41 Å². The van der Waals surface area contributed by atoms with Crippen LogP contribution < -0.4 is 5.32 Å². The van der Waals surface area contributed by atoms with Crippen LogP contribution in [-0.4, -0.2) is 37.6 Å². The van der Waals surface area contributed by atoms with Crippen molar-refractivity contribution in [2.45, 2.75) is 52.5 Å². The van der Waals surface area contributed by atoms with Crippen LogP contribution in [0, 0.1) is 5.41 Å². The van der Waals surface area contributed by atoms with Crippen molar-refractivity contribution in [3.8, 4) is 0 Å². The van der Waals surface area contributed by atoms with Gasteiger partial charge in [0.15, 0.2) is 0 Å². The van der Waals surface area contributed by atoms with Crippen molar-refractivity contribution in [3.05, 3.63) is 0 Å². The molecule has 0 aromatic rings. The summed E-state index contributed by atoms with van der Waals surface area (Å²) >= 11 is 0. The lowest BCUT2D eigenvalue weighted by atomic mass is 9.78. The summed E-state index contributed by atoms with van der Waals surface area (Å²) in [5, 5.41) is 3.31. The maximum atomic E-state index is 3.31. The fourth-order valence-electron chi connectivity index (χ4n) is 2.19. The fourth-order valence-corrected chi connectivity index (χ4v) is 2.19. The molecule has 0 aromatic heterocycles. The molecule has 2 heteroatoms. The average molecular weight is 212 g/mol. The molecule has 0 bridgehead atoms. The first-order valence-electron chi connectivity index (χ1n) is 6.49. The summed E-state index contributed by atoms with van der Waals surface area (Å²) in [5.41, 5.74) is 0.630. The molecule has 0 aromatic carbocycles. The molecule has 1 saturated heterocycles. The Hall–Kier alpha value is -0.0800. The highest BCUT2D eigenvalue weighted by atomic mass is 15.1. The zero-order chi connectivity index (χ0) is 11.3. The van der Waals surface area contributed by atoms with E-state index in [1.54, 1.807) is 0 Å². The van der Waals surface area contributed by atoms with E-state index < -0.39 is 0 Å². The Morgan fingerprint density at radius 3 is 2.40 bits per heavy atom. The van der Waals surface area contributed by atoms with E-state index in [0.29, 0.717) is 11.5 Å². The van der Waals surface area contributed by atoms with Gasteiger partial charge in [0.1, 0.15) is 0 Å². The number of nitrogens with zero attached hydrogens (tertiary/aromatic N) is 1. The number of rotatable bonds is 5. The first-order valence-corrected chi connectivity index (χ1v) is 6.49. The molecule has 1 aliphatic heterocycles.